The number of methoxy groups -OCH3 is 1. The summed E-state index contributed by atoms with van der Waals surface area (Å²) in [6.45, 7) is 1.33. The van der Waals surface area contributed by atoms with E-state index in [1.807, 2.05) is 95.6 Å². The van der Waals surface area contributed by atoms with Gasteiger partial charge in [-0.3, -0.25) is 4.79 Å². The Bertz CT molecular complexity index is 1350. The molecule has 8 nitrogen and oxygen atoms in total. The van der Waals surface area contributed by atoms with Gasteiger partial charge in [0.1, 0.15) is 24.1 Å². The van der Waals surface area contributed by atoms with Crippen LogP contribution in [-0.4, -0.2) is 46.6 Å². The Labute approximate surface area is 234 Å². The van der Waals surface area contributed by atoms with Crippen LogP contribution in [0.5, 0.6) is 0 Å². The van der Waals surface area contributed by atoms with E-state index in [0.717, 1.165) is 16.7 Å². The quantitative estimate of drug-likeness (QED) is 0.262. The number of fused-ring (bicyclic) bond motifs is 1. The minimum Gasteiger partial charge on any atom is -0.469 e. The van der Waals surface area contributed by atoms with Crippen molar-refractivity contribution in [2.24, 2.45) is 0 Å². The summed E-state index contributed by atoms with van der Waals surface area (Å²) in [5.74, 6) is 0.000376. The van der Waals surface area contributed by atoms with Crippen LogP contribution in [0.3, 0.4) is 0 Å². The molecule has 8 heteroatoms. The predicted octanol–water partition coefficient (Wildman–Crippen LogP) is 4.57. The highest BCUT2D eigenvalue weighted by molar-refractivity contribution is 5.71. The summed E-state index contributed by atoms with van der Waals surface area (Å²) in [7, 11) is 1.34. The minimum absolute atomic E-state index is 0.00804. The Balaban J connectivity index is 1.45. The highest BCUT2D eigenvalue weighted by Gasteiger charge is 2.45. The second-order valence-corrected chi connectivity index (χ2v) is 9.79. The number of carbonyl (C=O) groups is 1. The Hall–Kier alpha value is -3.82. The molecule has 4 atom stereocenters. The number of ether oxygens (including phenoxy) is 4. The van der Waals surface area contributed by atoms with Crippen LogP contribution in [-0.2, 0) is 50.0 Å². The molecule has 1 aliphatic heterocycles. The lowest BCUT2D eigenvalue weighted by Gasteiger charge is -2.41. The summed E-state index contributed by atoms with van der Waals surface area (Å²) < 4.78 is 25.8. The molecular weight excluding hydrogens is 508 g/mol. The van der Waals surface area contributed by atoms with Crippen molar-refractivity contribution in [1.29, 1.82) is 0 Å². The zero-order valence-corrected chi connectivity index (χ0v) is 22.5. The van der Waals surface area contributed by atoms with Crippen molar-refractivity contribution in [3.8, 4) is 0 Å². The summed E-state index contributed by atoms with van der Waals surface area (Å²) in [6.07, 6.45) is -0.608. The number of aromatic nitrogens is 2. The molecule has 5 rings (SSSR count). The molecule has 0 fully saturated rings. The molecule has 208 valence electrons. The highest BCUT2D eigenvalue weighted by atomic mass is 16.6. The molecule has 0 bridgehead atoms. The third kappa shape index (κ3) is 6.84. The van der Waals surface area contributed by atoms with E-state index in [9.17, 15) is 9.90 Å². The van der Waals surface area contributed by atoms with Gasteiger partial charge in [-0.2, -0.15) is 0 Å². The first-order chi connectivity index (χ1) is 19.6. The fraction of sp³-hybridized carbons (Fsp3) is 0.312. The number of hydrogen-bond acceptors (Lipinski definition) is 7. The maximum absolute atomic E-state index is 12.0. The van der Waals surface area contributed by atoms with Gasteiger partial charge in [-0.1, -0.05) is 91.0 Å². The Morgan fingerprint density at radius 3 is 1.88 bits per heavy atom. The number of esters is 1. The van der Waals surface area contributed by atoms with Crippen LogP contribution in [0.15, 0.2) is 97.2 Å². The van der Waals surface area contributed by atoms with Crippen LogP contribution >= 0.6 is 0 Å². The first-order valence-electron chi connectivity index (χ1n) is 13.4. The second kappa shape index (κ2) is 13.5. The monoisotopic (exact) mass is 542 g/mol. The second-order valence-electron chi connectivity index (χ2n) is 9.79. The van der Waals surface area contributed by atoms with E-state index in [0.29, 0.717) is 31.3 Å². The van der Waals surface area contributed by atoms with E-state index in [2.05, 4.69) is 4.98 Å². The molecule has 0 aliphatic carbocycles. The minimum atomic E-state index is -1.08. The summed E-state index contributed by atoms with van der Waals surface area (Å²) >= 11 is 0. The normalized spacial score (nSPS) is 20.1. The average Bonchev–Trinajstić information content (AvgIpc) is 3.42. The summed E-state index contributed by atoms with van der Waals surface area (Å²) in [5, 5.41) is 11.5. The average molecular weight is 543 g/mol. The first-order valence-corrected chi connectivity index (χ1v) is 13.4. The number of aliphatic hydroxyl groups is 1. The molecule has 2 heterocycles. The largest absolute Gasteiger partial charge is 0.469 e. The number of rotatable bonds is 12. The van der Waals surface area contributed by atoms with Crippen molar-refractivity contribution in [2.45, 2.75) is 50.6 Å². The van der Waals surface area contributed by atoms with Crippen molar-refractivity contribution in [2.75, 3.05) is 13.7 Å². The smallest absolute Gasteiger partial charge is 0.311 e. The Kier molecular flexibility index (Phi) is 9.36. The predicted molar refractivity (Wildman–Crippen MR) is 148 cm³/mol. The standard InChI is InChI=1S/C32H34N2O6/c1-37-28(35)17-26-18-34-27(22-38-19-23-11-5-2-6-12-23)30(39-20-24-13-7-3-8-14-24)31(29(36)32(34)33-26)40-21-25-15-9-4-10-16-25/h2-16,18,27,29-31,36H,17,19-22H2,1H3/t27-,29-,30+,31-/m1/s1. The number of nitrogens with zero attached hydrogens (tertiary/aromatic N) is 2. The molecule has 1 N–H and O–H groups in total. The molecule has 0 radical (unpaired) electrons. The van der Waals surface area contributed by atoms with E-state index in [1.165, 1.54) is 7.11 Å². The van der Waals surface area contributed by atoms with Crippen molar-refractivity contribution >= 4 is 5.97 Å². The summed E-state index contributed by atoms with van der Waals surface area (Å²) in [5.41, 5.74) is 3.54. The van der Waals surface area contributed by atoms with E-state index >= 15 is 0 Å². The van der Waals surface area contributed by atoms with Crippen molar-refractivity contribution in [1.82, 2.24) is 9.55 Å². The number of aliphatic hydroxyl groups excluding tert-OH is 1. The zero-order chi connectivity index (χ0) is 27.7. The lowest BCUT2D eigenvalue weighted by molar-refractivity contribution is -0.172. The number of hydrogen-bond donors (Lipinski definition) is 1. The number of carbonyl (C=O) groups excluding carboxylic acids is 1. The van der Waals surface area contributed by atoms with E-state index in [-0.39, 0.29) is 19.1 Å². The Morgan fingerprint density at radius 1 is 0.800 bits per heavy atom. The molecule has 1 aromatic heterocycles. The van der Waals surface area contributed by atoms with Gasteiger partial charge in [-0.05, 0) is 16.7 Å². The van der Waals surface area contributed by atoms with Crippen LogP contribution in [0.1, 0.15) is 40.4 Å². The van der Waals surface area contributed by atoms with Crippen LogP contribution in [0.4, 0.5) is 0 Å². The maximum atomic E-state index is 12.0. The van der Waals surface area contributed by atoms with Gasteiger partial charge in [0.25, 0.3) is 0 Å². The molecule has 3 aromatic carbocycles. The van der Waals surface area contributed by atoms with Gasteiger partial charge in [0.15, 0.2) is 0 Å². The SMILES string of the molecule is COC(=O)Cc1cn2c(n1)[C@H](O)[C@@H](OCc1ccccc1)[C@@H](OCc1ccccc1)[C@H]2COCc1ccccc1. The molecule has 0 saturated heterocycles. The van der Waals surface area contributed by atoms with Crippen LogP contribution in [0.2, 0.25) is 0 Å². The summed E-state index contributed by atoms with van der Waals surface area (Å²) in [6, 6.07) is 29.2. The molecule has 40 heavy (non-hydrogen) atoms. The number of benzene rings is 3. The lowest BCUT2D eigenvalue weighted by Crippen LogP contribution is -2.49. The van der Waals surface area contributed by atoms with Crippen LogP contribution in [0.25, 0.3) is 0 Å². The van der Waals surface area contributed by atoms with Gasteiger partial charge in [0.05, 0.1) is 51.7 Å². The lowest BCUT2D eigenvalue weighted by atomic mass is 9.95. The molecule has 0 spiro atoms. The fourth-order valence-electron chi connectivity index (χ4n) is 4.93. The molecule has 4 aromatic rings. The van der Waals surface area contributed by atoms with Gasteiger partial charge in [0.2, 0.25) is 0 Å². The molecule has 1 aliphatic rings. The van der Waals surface area contributed by atoms with Gasteiger partial charge >= 0.3 is 5.97 Å². The summed E-state index contributed by atoms with van der Waals surface area (Å²) in [4.78, 5) is 16.6. The molecule has 0 amide bonds. The zero-order valence-electron chi connectivity index (χ0n) is 22.5. The molecular formula is C32H34N2O6. The van der Waals surface area contributed by atoms with Crippen molar-refractivity contribution in [3.63, 3.8) is 0 Å². The van der Waals surface area contributed by atoms with E-state index in [1.54, 1.807) is 6.20 Å². The highest BCUT2D eigenvalue weighted by Crippen LogP contribution is 2.37. The van der Waals surface area contributed by atoms with Gasteiger partial charge in [0, 0.05) is 6.20 Å². The van der Waals surface area contributed by atoms with Crippen LogP contribution in [0, 0.1) is 0 Å². The van der Waals surface area contributed by atoms with E-state index < -0.39 is 24.3 Å². The maximum Gasteiger partial charge on any atom is 0.311 e. The van der Waals surface area contributed by atoms with Gasteiger partial charge < -0.3 is 28.6 Å². The molecule has 0 saturated carbocycles. The third-order valence-electron chi connectivity index (χ3n) is 6.97. The van der Waals surface area contributed by atoms with Crippen LogP contribution < -0.4 is 0 Å². The van der Waals surface area contributed by atoms with E-state index in [4.69, 9.17) is 18.9 Å². The number of imidazole rings is 1. The van der Waals surface area contributed by atoms with Gasteiger partial charge in [-0.25, -0.2) is 4.98 Å². The molecule has 0 unspecified atom stereocenters. The first kappa shape index (κ1) is 27.7. The topological polar surface area (TPSA) is 92.0 Å². The fourth-order valence-corrected chi connectivity index (χ4v) is 4.93. The Morgan fingerprint density at radius 2 is 1.32 bits per heavy atom. The van der Waals surface area contributed by atoms with Crippen molar-refractivity contribution < 1.29 is 28.8 Å². The van der Waals surface area contributed by atoms with Crippen molar-refractivity contribution in [3.05, 3.63) is 125 Å². The third-order valence-corrected chi connectivity index (χ3v) is 6.97. The van der Waals surface area contributed by atoms with Gasteiger partial charge in [-0.15, -0.1) is 0 Å².